The van der Waals surface area contributed by atoms with Crippen LogP contribution in [0.25, 0.3) is 0 Å². The van der Waals surface area contributed by atoms with Crippen LogP contribution in [0.4, 0.5) is 27.6 Å². The number of nitrogens with one attached hydrogen (secondary N) is 1. The Labute approximate surface area is 178 Å². The van der Waals surface area contributed by atoms with Crippen LogP contribution in [-0.2, 0) is 15.8 Å². The quantitative estimate of drug-likeness (QED) is 0.555. The first-order valence-electron chi connectivity index (χ1n) is 9.58. The molecule has 0 spiro atoms. The second-order valence-electron chi connectivity index (χ2n) is 7.54. The van der Waals surface area contributed by atoms with Gasteiger partial charge in [-0.2, -0.15) is 13.2 Å². The van der Waals surface area contributed by atoms with Crippen molar-refractivity contribution in [2.24, 2.45) is 5.92 Å². The summed E-state index contributed by atoms with van der Waals surface area (Å²) in [5.41, 5.74) is -1.17. The number of likely N-dealkylation sites (tertiary alicyclic amines) is 1. The van der Waals surface area contributed by atoms with E-state index in [1.165, 1.54) is 42.3 Å². The van der Waals surface area contributed by atoms with E-state index in [2.05, 4.69) is 14.8 Å². The van der Waals surface area contributed by atoms with Gasteiger partial charge in [0.05, 0.1) is 11.3 Å². The summed E-state index contributed by atoms with van der Waals surface area (Å²) >= 11 is 0. The van der Waals surface area contributed by atoms with Crippen LogP contribution in [0.1, 0.15) is 23.5 Å². The molecule has 0 bridgehead atoms. The summed E-state index contributed by atoms with van der Waals surface area (Å²) in [5.74, 6) is -4.09. The topological polar surface area (TPSA) is 67.9 Å². The minimum absolute atomic E-state index is 0.196. The zero-order valence-electron chi connectivity index (χ0n) is 16.6. The summed E-state index contributed by atoms with van der Waals surface area (Å²) in [6.45, 7) is 0.275. The van der Waals surface area contributed by atoms with Gasteiger partial charge in [-0.1, -0.05) is 18.2 Å². The lowest BCUT2D eigenvalue weighted by molar-refractivity contribution is -0.286. The highest BCUT2D eigenvalue weighted by molar-refractivity contribution is 6.08. The second-order valence-corrected chi connectivity index (χ2v) is 7.54. The molecule has 0 saturated carbocycles. The number of anilines is 1. The standard InChI is InChI=1S/C21H17F5N2O4/c1-28-9-8-12(11-6-7-15-16(10-11)32-21(25,26)31-15)17(19(28)30)18(29)27-14-5-3-2-4-13(14)20(22,23)24/h2-7,10,12,17H,8-9H2,1H3,(H,27,29)/t12-,17+/m1/s1. The number of carbonyl (C=O) groups is 2. The zero-order chi connectivity index (χ0) is 23.3. The van der Waals surface area contributed by atoms with Gasteiger partial charge in [0, 0.05) is 19.5 Å². The smallest absolute Gasteiger partial charge is 0.395 e. The third-order valence-corrected chi connectivity index (χ3v) is 5.45. The van der Waals surface area contributed by atoms with Gasteiger partial charge < -0.3 is 19.7 Å². The predicted molar refractivity (Wildman–Crippen MR) is 101 cm³/mol. The molecule has 2 heterocycles. The minimum atomic E-state index is -4.71. The van der Waals surface area contributed by atoms with Crippen molar-refractivity contribution >= 4 is 17.5 Å². The highest BCUT2D eigenvalue weighted by Crippen LogP contribution is 2.44. The summed E-state index contributed by atoms with van der Waals surface area (Å²) in [7, 11) is 1.47. The highest BCUT2D eigenvalue weighted by Gasteiger charge is 2.46. The Morgan fingerprint density at radius 1 is 1.12 bits per heavy atom. The van der Waals surface area contributed by atoms with Crippen LogP contribution in [0.5, 0.6) is 11.5 Å². The molecule has 0 radical (unpaired) electrons. The lowest BCUT2D eigenvalue weighted by Crippen LogP contribution is -2.47. The molecule has 1 N–H and O–H groups in total. The molecule has 2 aliphatic heterocycles. The molecule has 0 aromatic heterocycles. The number of amides is 2. The van der Waals surface area contributed by atoms with Gasteiger partial charge in [0.15, 0.2) is 11.5 Å². The maximum atomic E-state index is 13.3. The van der Waals surface area contributed by atoms with Crippen LogP contribution in [0.3, 0.4) is 0 Å². The van der Waals surface area contributed by atoms with Crippen LogP contribution < -0.4 is 14.8 Å². The number of para-hydroxylation sites is 1. The van der Waals surface area contributed by atoms with E-state index in [1.807, 2.05) is 0 Å². The normalized spacial score (nSPS) is 22.1. The molecule has 2 atom stereocenters. The van der Waals surface area contributed by atoms with Crippen LogP contribution in [0.15, 0.2) is 42.5 Å². The molecule has 32 heavy (non-hydrogen) atoms. The van der Waals surface area contributed by atoms with Crippen LogP contribution in [0.2, 0.25) is 0 Å². The number of piperidine rings is 1. The van der Waals surface area contributed by atoms with E-state index < -0.39 is 47.4 Å². The Hall–Kier alpha value is -3.37. The number of hydrogen-bond acceptors (Lipinski definition) is 4. The average Bonchev–Trinajstić information content (AvgIpc) is 3.02. The Morgan fingerprint density at radius 2 is 1.81 bits per heavy atom. The summed E-state index contributed by atoms with van der Waals surface area (Å²) in [6, 6.07) is 8.34. The Morgan fingerprint density at radius 3 is 2.53 bits per heavy atom. The summed E-state index contributed by atoms with van der Waals surface area (Å²) < 4.78 is 75.4. The number of rotatable bonds is 3. The van der Waals surface area contributed by atoms with Gasteiger partial charge in [0.1, 0.15) is 5.92 Å². The molecule has 11 heteroatoms. The molecule has 170 valence electrons. The number of halogens is 5. The average molecular weight is 456 g/mol. The second kappa shape index (κ2) is 7.64. The van der Waals surface area contributed by atoms with Crippen LogP contribution in [-0.4, -0.2) is 36.6 Å². The number of benzene rings is 2. The molecular weight excluding hydrogens is 439 g/mol. The fourth-order valence-electron chi connectivity index (χ4n) is 3.92. The highest BCUT2D eigenvalue weighted by atomic mass is 19.4. The summed E-state index contributed by atoms with van der Waals surface area (Å²) in [5, 5.41) is 2.22. The molecular formula is C21H17F5N2O4. The largest absolute Gasteiger partial charge is 0.586 e. The van der Waals surface area contributed by atoms with E-state index in [4.69, 9.17) is 0 Å². The molecule has 2 aromatic carbocycles. The monoisotopic (exact) mass is 456 g/mol. The summed E-state index contributed by atoms with van der Waals surface area (Å²) in [6.07, 6.45) is -8.25. The molecule has 0 unspecified atom stereocenters. The van der Waals surface area contributed by atoms with E-state index in [1.54, 1.807) is 0 Å². The fraction of sp³-hybridized carbons (Fsp3) is 0.333. The third kappa shape index (κ3) is 4.06. The first kappa shape index (κ1) is 21.8. The Balaban J connectivity index is 1.65. The number of fused-ring (bicyclic) bond motifs is 1. The van der Waals surface area contributed by atoms with Crippen molar-refractivity contribution in [3.63, 3.8) is 0 Å². The fourth-order valence-corrected chi connectivity index (χ4v) is 3.92. The molecule has 6 nitrogen and oxygen atoms in total. The van der Waals surface area contributed by atoms with Crippen molar-refractivity contribution in [1.82, 2.24) is 4.90 Å². The van der Waals surface area contributed by atoms with Crippen molar-refractivity contribution in [2.75, 3.05) is 18.9 Å². The lowest BCUT2D eigenvalue weighted by Gasteiger charge is -2.35. The van der Waals surface area contributed by atoms with Gasteiger partial charge in [0.25, 0.3) is 0 Å². The van der Waals surface area contributed by atoms with Crippen molar-refractivity contribution in [2.45, 2.75) is 24.8 Å². The maximum Gasteiger partial charge on any atom is 0.586 e. The summed E-state index contributed by atoms with van der Waals surface area (Å²) in [4.78, 5) is 27.2. The number of carbonyl (C=O) groups excluding carboxylic acids is 2. The van der Waals surface area contributed by atoms with Crippen molar-refractivity contribution in [3.05, 3.63) is 53.6 Å². The van der Waals surface area contributed by atoms with Gasteiger partial charge >= 0.3 is 12.5 Å². The third-order valence-electron chi connectivity index (χ3n) is 5.45. The van der Waals surface area contributed by atoms with E-state index in [0.717, 1.165) is 12.1 Å². The molecule has 2 aliphatic rings. The molecule has 2 amide bonds. The van der Waals surface area contributed by atoms with E-state index >= 15 is 0 Å². The number of hydrogen-bond donors (Lipinski definition) is 1. The van der Waals surface area contributed by atoms with Crippen LogP contribution in [0, 0.1) is 5.92 Å². The van der Waals surface area contributed by atoms with Gasteiger partial charge in [-0.25, -0.2) is 0 Å². The molecule has 1 fully saturated rings. The maximum absolute atomic E-state index is 13.3. The number of alkyl halides is 5. The van der Waals surface area contributed by atoms with Gasteiger partial charge in [0.2, 0.25) is 11.8 Å². The van der Waals surface area contributed by atoms with E-state index in [-0.39, 0.29) is 24.5 Å². The van der Waals surface area contributed by atoms with Gasteiger partial charge in [-0.3, -0.25) is 9.59 Å². The van der Waals surface area contributed by atoms with Gasteiger partial charge in [-0.05, 0) is 36.2 Å². The number of nitrogens with zero attached hydrogens (tertiary/aromatic N) is 1. The predicted octanol–water partition coefficient (Wildman–Crippen LogP) is 4.23. The number of ether oxygens (including phenoxy) is 2. The van der Waals surface area contributed by atoms with Gasteiger partial charge in [-0.15, -0.1) is 8.78 Å². The van der Waals surface area contributed by atoms with Crippen LogP contribution >= 0.6 is 0 Å². The first-order valence-corrected chi connectivity index (χ1v) is 9.58. The van der Waals surface area contributed by atoms with E-state index in [0.29, 0.717) is 5.56 Å². The molecule has 4 rings (SSSR count). The SMILES string of the molecule is CN1CC[C@H](c2ccc3c(c2)OC(F)(F)O3)[C@@H](C(=O)Nc2ccccc2C(F)(F)F)C1=O. The molecule has 2 aromatic rings. The zero-order valence-corrected chi connectivity index (χ0v) is 16.6. The minimum Gasteiger partial charge on any atom is -0.395 e. The Bertz CT molecular complexity index is 1070. The molecule has 1 saturated heterocycles. The molecule has 0 aliphatic carbocycles. The van der Waals surface area contributed by atoms with Crippen molar-refractivity contribution in [1.29, 1.82) is 0 Å². The van der Waals surface area contributed by atoms with Crippen molar-refractivity contribution in [3.8, 4) is 11.5 Å². The Kier molecular flexibility index (Phi) is 5.22. The lowest BCUT2D eigenvalue weighted by atomic mass is 9.79. The van der Waals surface area contributed by atoms with E-state index in [9.17, 15) is 31.5 Å². The first-order chi connectivity index (χ1) is 15.0. The van der Waals surface area contributed by atoms with Crippen molar-refractivity contribution < 1.29 is 41.0 Å².